The summed E-state index contributed by atoms with van der Waals surface area (Å²) in [6.07, 6.45) is 7.83. The molecule has 18 heteroatoms. The number of aromatic amines is 1. The molecule has 3 aromatic heterocycles. The molecule has 71 heavy (non-hydrogen) atoms. The summed E-state index contributed by atoms with van der Waals surface area (Å²) in [4.78, 5) is 81.2. The number of nitrogens with one attached hydrogen (secondary N) is 3. The average molecular weight is 963 g/mol. The van der Waals surface area contributed by atoms with Gasteiger partial charge in [-0.1, -0.05) is 55.5 Å². The van der Waals surface area contributed by atoms with Crippen molar-refractivity contribution in [1.82, 2.24) is 55.2 Å². The third kappa shape index (κ3) is 12.0. The smallest absolute Gasteiger partial charge is 0.274 e. The van der Waals surface area contributed by atoms with Crippen LogP contribution < -0.4 is 16.2 Å². The number of benzene rings is 3. The van der Waals surface area contributed by atoms with Gasteiger partial charge in [0.1, 0.15) is 5.82 Å². The first-order valence-electron chi connectivity index (χ1n) is 24.5. The van der Waals surface area contributed by atoms with E-state index in [0.717, 1.165) is 68.7 Å². The van der Waals surface area contributed by atoms with Crippen LogP contribution >= 0.6 is 0 Å². The largest absolute Gasteiger partial charge is 0.338 e. The zero-order valence-electron chi connectivity index (χ0n) is 40.0. The highest BCUT2D eigenvalue weighted by Crippen LogP contribution is 2.28. The Kier molecular flexibility index (Phi) is 15.5. The van der Waals surface area contributed by atoms with E-state index in [9.17, 15) is 24.0 Å². The van der Waals surface area contributed by atoms with Crippen molar-refractivity contribution in [3.63, 3.8) is 0 Å². The van der Waals surface area contributed by atoms with Gasteiger partial charge in [-0.15, -0.1) is 0 Å². The van der Waals surface area contributed by atoms with Crippen molar-refractivity contribution in [2.75, 3.05) is 90.4 Å². The van der Waals surface area contributed by atoms with Gasteiger partial charge in [0, 0.05) is 108 Å². The number of piperidine rings is 1. The van der Waals surface area contributed by atoms with E-state index in [2.05, 4.69) is 64.9 Å². The molecule has 3 aliphatic heterocycles. The number of hydrogen-bond acceptors (Lipinski definition) is 12. The van der Waals surface area contributed by atoms with Gasteiger partial charge in [-0.3, -0.25) is 28.9 Å². The Bertz CT molecular complexity index is 2930. The number of pyridine rings is 1. The predicted molar refractivity (Wildman–Crippen MR) is 267 cm³/mol. The van der Waals surface area contributed by atoms with Crippen molar-refractivity contribution in [1.29, 1.82) is 0 Å². The Morgan fingerprint density at radius 2 is 1.46 bits per heavy atom. The Labute approximate surface area is 411 Å². The van der Waals surface area contributed by atoms with E-state index in [4.69, 9.17) is 0 Å². The highest BCUT2D eigenvalue weighted by Gasteiger charge is 2.31. The number of carbonyl (C=O) groups excluding carboxylic acids is 4. The summed E-state index contributed by atoms with van der Waals surface area (Å²) >= 11 is 0. The van der Waals surface area contributed by atoms with E-state index >= 15 is 4.39 Å². The fourth-order valence-electron chi connectivity index (χ4n) is 9.73. The van der Waals surface area contributed by atoms with Crippen molar-refractivity contribution in [3.8, 4) is 11.1 Å². The van der Waals surface area contributed by atoms with E-state index in [-0.39, 0.29) is 41.1 Å². The number of hydrogen-bond donors (Lipinski definition) is 3. The summed E-state index contributed by atoms with van der Waals surface area (Å²) < 4.78 is 15.1. The number of anilines is 1. The molecule has 6 heterocycles. The lowest BCUT2D eigenvalue weighted by Crippen LogP contribution is -2.55. The van der Waals surface area contributed by atoms with E-state index < -0.39 is 11.7 Å². The van der Waals surface area contributed by atoms with Crippen LogP contribution in [0.4, 0.5) is 10.1 Å². The molecule has 9 rings (SSSR count). The summed E-state index contributed by atoms with van der Waals surface area (Å²) in [6.45, 7) is 9.50. The van der Waals surface area contributed by atoms with E-state index in [1.165, 1.54) is 11.6 Å². The lowest BCUT2D eigenvalue weighted by Gasteiger charge is -2.40. The van der Waals surface area contributed by atoms with Gasteiger partial charge in [0.15, 0.2) is 5.69 Å². The summed E-state index contributed by atoms with van der Waals surface area (Å²) in [7, 11) is 0. The minimum absolute atomic E-state index is 0.0180. The summed E-state index contributed by atoms with van der Waals surface area (Å²) in [5.41, 5.74) is 5.44. The highest BCUT2D eigenvalue weighted by molar-refractivity contribution is 6.03. The molecule has 6 aromatic rings. The minimum Gasteiger partial charge on any atom is -0.338 e. The van der Waals surface area contributed by atoms with Crippen molar-refractivity contribution >= 4 is 40.1 Å². The Morgan fingerprint density at radius 1 is 0.718 bits per heavy atom. The molecule has 0 unspecified atom stereocenters. The van der Waals surface area contributed by atoms with Crippen molar-refractivity contribution < 1.29 is 23.6 Å². The van der Waals surface area contributed by atoms with Crippen molar-refractivity contribution in [3.05, 3.63) is 147 Å². The first-order valence-corrected chi connectivity index (χ1v) is 24.5. The van der Waals surface area contributed by atoms with Crippen molar-refractivity contribution in [2.45, 2.75) is 39.2 Å². The van der Waals surface area contributed by atoms with Gasteiger partial charge >= 0.3 is 0 Å². The Balaban J connectivity index is 0.721. The molecule has 0 saturated carbocycles. The van der Waals surface area contributed by atoms with Gasteiger partial charge < -0.3 is 30.2 Å². The topological polar surface area (TPSA) is 193 Å². The third-order valence-corrected chi connectivity index (χ3v) is 13.9. The molecule has 0 atom stereocenters. The molecule has 17 nitrogen and oxygen atoms in total. The summed E-state index contributed by atoms with van der Waals surface area (Å²) in [5, 5.41) is 21.8. The molecule has 3 N–H and O–H groups in total. The number of rotatable bonds is 15. The number of aromatic nitrogens is 5. The van der Waals surface area contributed by atoms with E-state index in [1.807, 2.05) is 41.3 Å². The zero-order chi connectivity index (χ0) is 49.3. The molecule has 3 aliphatic rings. The molecule has 3 saturated heterocycles. The number of fused-ring (bicyclic) bond motifs is 1. The van der Waals surface area contributed by atoms with Gasteiger partial charge in [0.2, 0.25) is 11.8 Å². The first kappa shape index (κ1) is 48.7. The quantitative estimate of drug-likeness (QED) is 0.133. The number of likely N-dealkylation sites (tertiary alicyclic amines) is 1. The predicted octanol–water partition coefficient (Wildman–Crippen LogP) is 4.25. The van der Waals surface area contributed by atoms with Gasteiger partial charge in [0.05, 0.1) is 41.6 Å². The second-order valence-electron chi connectivity index (χ2n) is 18.6. The Hall–Kier alpha value is -7.28. The van der Waals surface area contributed by atoms with Crippen LogP contribution in [0.5, 0.6) is 0 Å². The number of amides is 4. The SMILES string of the molecule is CCc1cccc(-c2cnc(C(=O)N3CCC(CN4CCN(CC(=O)N5CCN(C(=O)c6cc(Cc7n[nH]c(=O)c8ccccc78)ccc6F)CC5)CC4)CC3)c(NC(=O)CNCc3ccnnc3)c2)c1. The fraction of sp³-hybridized carbons (Fsp3) is 0.377. The molecule has 0 spiro atoms. The maximum atomic E-state index is 15.1. The molecule has 368 valence electrons. The van der Waals surface area contributed by atoms with Crippen molar-refractivity contribution in [2.24, 2.45) is 5.92 Å². The van der Waals surface area contributed by atoms with Gasteiger partial charge in [-0.25, -0.2) is 14.5 Å². The highest BCUT2D eigenvalue weighted by atomic mass is 19.1. The molecule has 3 aromatic carbocycles. The third-order valence-electron chi connectivity index (χ3n) is 13.9. The molecule has 0 bridgehead atoms. The number of halogens is 1. The summed E-state index contributed by atoms with van der Waals surface area (Å²) in [6, 6.07) is 23.5. The summed E-state index contributed by atoms with van der Waals surface area (Å²) in [5.74, 6) is -1.10. The van der Waals surface area contributed by atoms with Crippen LogP contribution in [-0.2, 0) is 29.0 Å². The average Bonchev–Trinajstić information content (AvgIpc) is 3.40. The Morgan fingerprint density at radius 3 is 2.23 bits per heavy atom. The maximum absolute atomic E-state index is 15.1. The van der Waals surface area contributed by atoms with E-state index in [1.54, 1.807) is 52.7 Å². The molecule has 4 amide bonds. The lowest BCUT2D eigenvalue weighted by atomic mass is 9.95. The molecule has 3 fully saturated rings. The van der Waals surface area contributed by atoms with Crippen LogP contribution in [0.15, 0.2) is 102 Å². The van der Waals surface area contributed by atoms with Gasteiger partial charge in [-0.2, -0.15) is 15.3 Å². The lowest BCUT2D eigenvalue weighted by molar-refractivity contribution is -0.134. The van der Waals surface area contributed by atoms with Crippen LogP contribution in [0, 0.1) is 11.7 Å². The number of aryl methyl sites for hydroxylation is 1. The number of carbonyl (C=O) groups is 4. The second kappa shape index (κ2) is 22.6. The first-order chi connectivity index (χ1) is 34.6. The number of H-pyrrole nitrogens is 1. The van der Waals surface area contributed by atoms with Crippen LogP contribution in [0.2, 0.25) is 0 Å². The molecular formula is C53H59FN12O5. The van der Waals surface area contributed by atoms with Gasteiger partial charge in [0.25, 0.3) is 17.4 Å². The normalized spacial score (nSPS) is 16.1. The fourth-order valence-corrected chi connectivity index (χ4v) is 9.73. The standard InChI is InChI=1S/C53H59FN12O5/c1-2-36-6-5-7-40(26-36)41-29-47(59-48(67)33-55-30-39-12-15-57-58-31-39)50(56-32-41)53(71)65-16-13-37(14-17-65)34-62-18-20-63(21-19-62)35-49(68)64-22-24-66(25-23-64)52(70)44-27-38(10-11-45(44)54)28-46-42-8-3-4-9-43(42)51(69)61-60-46/h3-12,15,26-27,29,31-32,37,55H,2,13-14,16-25,28,30,33-35H2,1H3,(H,59,67)(H,61,69). The van der Waals surface area contributed by atoms with Crippen LogP contribution in [0.25, 0.3) is 21.9 Å². The second-order valence-corrected chi connectivity index (χ2v) is 18.6. The zero-order valence-corrected chi connectivity index (χ0v) is 40.0. The molecular weight excluding hydrogens is 904 g/mol. The molecule has 0 aliphatic carbocycles. The monoisotopic (exact) mass is 962 g/mol. The minimum atomic E-state index is -0.612. The van der Waals surface area contributed by atoms with Crippen LogP contribution in [0.1, 0.15) is 63.0 Å². The molecule has 0 radical (unpaired) electrons. The number of nitrogens with zero attached hydrogens (tertiary/aromatic N) is 9. The van der Waals surface area contributed by atoms with E-state index in [0.29, 0.717) is 92.4 Å². The van der Waals surface area contributed by atoms with Crippen LogP contribution in [-0.4, -0.2) is 159 Å². The van der Waals surface area contributed by atoms with Crippen LogP contribution in [0.3, 0.4) is 0 Å². The maximum Gasteiger partial charge on any atom is 0.274 e. The number of piperazine rings is 2. The van der Waals surface area contributed by atoms with Gasteiger partial charge in [-0.05, 0) is 77.8 Å².